The number of aromatic hydroxyl groups is 2. The zero-order chi connectivity index (χ0) is 21.3. The van der Waals surface area contributed by atoms with Gasteiger partial charge in [-0.05, 0) is 55.2 Å². The third-order valence-electron chi connectivity index (χ3n) is 5.22. The number of esters is 1. The molecule has 2 aromatic rings. The lowest BCUT2D eigenvalue weighted by Gasteiger charge is -2.25. The normalized spacial score (nSPS) is 14.9. The Hall–Kier alpha value is -3.22. The van der Waals surface area contributed by atoms with Crippen LogP contribution >= 0.6 is 0 Å². The molecule has 160 valence electrons. The molecule has 1 saturated carbocycles. The molecule has 0 bridgehead atoms. The number of nitrogens with zero attached hydrogens (tertiary/aromatic N) is 1. The number of phenols is 2. The maximum Gasteiger partial charge on any atom is 0.337 e. The Morgan fingerprint density at radius 3 is 2.53 bits per heavy atom. The number of hydrogen-bond donors (Lipinski definition) is 4. The molecule has 1 fully saturated rings. The van der Waals surface area contributed by atoms with Gasteiger partial charge in [0.2, 0.25) is 0 Å². The van der Waals surface area contributed by atoms with Crippen molar-refractivity contribution in [2.24, 2.45) is 4.99 Å². The Morgan fingerprint density at radius 1 is 1.10 bits per heavy atom. The van der Waals surface area contributed by atoms with Gasteiger partial charge in [-0.1, -0.05) is 31.4 Å². The number of nitrogens with one attached hydrogen (secondary N) is 2. The van der Waals surface area contributed by atoms with E-state index < -0.39 is 5.97 Å². The minimum atomic E-state index is -0.468. The number of carbonyl (C=O) groups is 1. The molecule has 0 heterocycles. The van der Waals surface area contributed by atoms with Crippen LogP contribution in [0.2, 0.25) is 0 Å². The molecule has 0 radical (unpaired) electrons. The van der Waals surface area contributed by atoms with Crippen molar-refractivity contribution in [1.82, 2.24) is 5.32 Å². The van der Waals surface area contributed by atoms with Gasteiger partial charge in [-0.2, -0.15) is 0 Å². The number of aliphatic imine (C=N–C) groups is 1. The van der Waals surface area contributed by atoms with Gasteiger partial charge in [0, 0.05) is 12.6 Å². The molecule has 4 N–H and O–H groups in total. The number of phenolic OH excluding ortho intramolecular Hbond substituents is 2. The van der Waals surface area contributed by atoms with Gasteiger partial charge in [-0.3, -0.25) is 4.99 Å². The Labute approximate surface area is 176 Å². The van der Waals surface area contributed by atoms with Crippen LogP contribution in [-0.2, 0) is 11.2 Å². The van der Waals surface area contributed by atoms with Gasteiger partial charge in [-0.15, -0.1) is 0 Å². The van der Waals surface area contributed by atoms with Crippen LogP contribution in [0.5, 0.6) is 11.5 Å². The number of hydrogen-bond acceptors (Lipinski definition) is 5. The van der Waals surface area contributed by atoms with Crippen molar-refractivity contribution in [3.8, 4) is 11.5 Å². The summed E-state index contributed by atoms with van der Waals surface area (Å²) in [4.78, 5) is 16.5. The Balaban J connectivity index is 1.74. The monoisotopic (exact) mass is 411 g/mol. The summed E-state index contributed by atoms with van der Waals surface area (Å²) in [7, 11) is 1.32. The van der Waals surface area contributed by atoms with Gasteiger partial charge in [0.1, 0.15) is 11.5 Å². The summed E-state index contributed by atoms with van der Waals surface area (Å²) >= 11 is 0. The molecular weight excluding hydrogens is 382 g/mol. The van der Waals surface area contributed by atoms with Crippen molar-refractivity contribution in [1.29, 1.82) is 0 Å². The van der Waals surface area contributed by atoms with Crippen LogP contribution in [0.25, 0.3) is 0 Å². The molecule has 7 nitrogen and oxygen atoms in total. The van der Waals surface area contributed by atoms with Crippen molar-refractivity contribution in [3.05, 3.63) is 53.6 Å². The van der Waals surface area contributed by atoms with Crippen molar-refractivity contribution in [2.45, 2.75) is 44.6 Å². The molecule has 7 heteroatoms. The molecular formula is C23H29N3O4. The lowest BCUT2D eigenvalue weighted by atomic mass is 9.96. The second kappa shape index (κ2) is 10.5. The van der Waals surface area contributed by atoms with Gasteiger partial charge in [-0.25, -0.2) is 4.79 Å². The first kappa shape index (κ1) is 21.5. The lowest BCUT2D eigenvalue weighted by molar-refractivity contribution is 0.0601. The molecule has 2 aromatic carbocycles. The van der Waals surface area contributed by atoms with Crippen LogP contribution in [0.4, 0.5) is 5.69 Å². The lowest BCUT2D eigenvalue weighted by Crippen LogP contribution is -2.40. The molecule has 30 heavy (non-hydrogen) atoms. The van der Waals surface area contributed by atoms with E-state index in [4.69, 9.17) is 4.74 Å². The summed E-state index contributed by atoms with van der Waals surface area (Å²) in [5.41, 5.74) is 1.81. The molecule has 0 spiro atoms. The summed E-state index contributed by atoms with van der Waals surface area (Å²) in [5.74, 6) is 0.367. The number of benzene rings is 2. The van der Waals surface area contributed by atoms with Crippen LogP contribution in [0, 0.1) is 0 Å². The van der Waals surface area contributed by atoms with E-state index in [1.165, 1.54) is 38.5 Å². The van der Waals surface area contributed by atoms with E-state index in [0.717, 1.165) is 18.4 Å². The van der Waals surface area contributed by atoms with Crippen LogP contribution in [0.3, 0.4) is 0 Å². The summed E-state index contributed by atoms with van der Waals surface area (Å²) in [5, 5.41) is 26.3. The van der Waals surface area contributed by atoms with E-state index in [2.05, 4.69) is 15.6 Å². The zero-order valence-corrected chi connectivity index (χ0v) is 17.2. The molecule has 1 aliphatic rings. The van der Waals surface area contributed by atoms with Crippen molar-refractivity contribution in [3.63, 3.8) is 0 Å². The smallest absolute Gasteiger partial charge is 0.337 e. The third-order valence-corrected chi connectivity index (χ3v) is 5.22. The van der Waals surface area contributed by atoms with E-state index in [9.17, 15) is 15.0 Å². The fraction of sp³-hybridized carbons (Fsp3) is 0.391. The largest absolute Gasteiger partial charge is 0.508 e. The average Bonchev–Trinajstić information content (AvgIpc) is 2.76. The highest BCUT2D eigenvalue weighted by Gasteiger charge is 2.16. The highest BCUT2D eigenvalue weighted by Crippen LogP contribution is 2.25. The zero-order valence-electron chi connectivity index (χ0n) is 17.2. The van der Waals surface area contributed by atoms with Gasteiger partial charge in [0.25, 0.3) is 0 Å². The first-order valence-electron chi connectivity index (χ1n) is 10.3. The SMILES string of the molecule is COC(=O)c1ccc(O)c(NC(=NCCc2ccc(O)cc2)NC2CCCCC2)c1. The number of anilines is 1. The topological polar surface area (TPSA) is 103 Å². The van der Waals surface area contributed by atoms with Crippen molar-refractivity contribution < 1.29 is 19.7 Å². The molecule has 0 atom stereocenters. The predicted octanol–water partition coefficient (Wildman–Crippen LogP) is 3.82. The minimum absolute atomic E-state index is 0.0272. The molecule has 1 aliphatic carbocycles. The molecule has 0 aromatic heterocycles. The van der Waals surface area contributed by atoms with Gasteiger partial charge in [0.15, 0.2) is 5.96 Å². The average molecular weight is 412 g/mol. The Morgan fingerprint density at radius 2 is 1.83 bits per heavy atom. The van der Waals surface area contributed by atoms with E-state index in [-0.39, 0.29) is 11.5 Å². The van der Waals surface area contributed by atoms with Gasteiger partial charge >= 0.3 is 5.97 Å². The highest BCUT2D eigenvalue weighted by molar-refractivity contribution is 5.97. The Bertz CT molecular complexity index is 875. The first-order valence-corrected chi connectivity index (χ1v) is 10.3. The van der Waals surface area contributed by atoms with Gasteiger partial charge in [0.05, 0.1) is 18.4 Å². The summed E-state index contributed by atoms with van der Waals surface area (Å²) < 4.78 is 4.77. The maximum atomic E-state index is 11.8. The summed E-state index contributed by atoms with van der Waals surface area (Å²) in [6.07, 6.45) is 6.48. The molecule has 0 saturated heterocycles. The van der Waals surface area contributed by atoms with Crippen molar-refractivity contribution >= 4 is 17.6 Å². The van der Waals surface area contributed by atoms with Crippen LogP contribution in [-0.4, -0.2) is 41.8 Å². The Kier molecular flexibility index (Phi) is 7.54. The predicted molar refractivity (Wildman–Crippen MR) is 117 cm³/mol. The van der Waals surface area contributed by atoms with E-state index in [0.29, 0.717) is 36.2 Å². The summed E-state index contributed by atoms with van der Waals surface area (Å²) in [6, 6.07) is 11.9. The standard InChI is InChI=1S/C23H29N3O4/c1-30-22(29)17-9-12-21(28)20(15-17)26-23(25-18-5-3-2-4-6-18)24-14-13-16-7-10-19(27)11-8-16/h7-12,15,18,27-28H,2-6,13-14H2,1H3,(H2,24,25,26). The maximum absolute atomic E-state index is 11.8. The molecule has 3 rings (SSSR count). The van der Waals surface area contributed by atoms with Crippen LogP contribution in [0.1, 0.15) is 48.0 Å². The van der Waals surface area contributed by atoms with Gasteiger partial charge < -0.3 is 25.6 Å². The second-order valence-electron chi connectivity index (χ2n) is 7.47. The van der Waals surface area contributed by atoms with Crippen LogP contribution in [0.15, 0.2) is 47.5 Å². The fourth-order valence-electron chi connectivity index (χ4n) is 3.53. The van der Waals surface area contributed by atoms with E-state index in [1.54, 1.807) is 18.2 Å². The first-order chi connectivity index (χ1) is 14.5. The fourth-order valence-corrected chi connectivity index (χ4v) is 3.53. The molecule has 0 aliphatic heterocycles. The van der Waals surface area contributed by atoms with Crippen molar-refractivity contribution in [2.75, 3.05) is 19.0 Å². The number of guanidine groups is 1. The van der Waals surface area contributed by atoms with Crippen LogP contribution < -0.4 is 10.6 Å². The molecule has 0 unspecified atom stereocenters. The number of rotatable bonds is 6. The summed E-state index contributed by atoms with van der Waals surface area (Å²) in [6.45, 7) is 0.532. The number of carbonyl (C=O) groups excluding carboxylic acids is 1. The number of ether oxygens (including phenoxy) is 1. The van der Waals surface area contributed by atoms with E-state index >= 15 is 0 Å². The second-order valence-corrected chi connectivity index (χ2v) is 7.47. The minimum Gasteiger partial charge on any atom is -0.508 e. The molecule has 0 amide bonds. The highest BCUT2D eigenvalue weighted by atomic mass is 16.5. The van der Waals surface area contributed by atoms with E-state index in [1.807, 2.05) is 12.1 Å². The third kappa shape index (κ3) is 6.14. The number of methoxy groups -OCH3 is 1. The quantitative estimate of drug-likeness (QED) is 0.249.